The molecule has 1 aliphatic heterocycles. The molecule has 1 fully saturated rings. The molecule has 1 saturated heterocycles. The average molecular weight is 277 g/mol. The molecule has 1 aromatic rings. The molecule has 0 N–H and O–H groups in total. The molecule has 1 heterocycles. The van der Waals surface area contributed by atoms with Crippen LogP contribution in [0.3, 0.4) is 0 Å². The largest absolute Gasteiger partial charge is 0.306 e. The Bertz CT molecular complexity index is 286. The van der Waals surface area contributed by atoms with Gasteiger partial charge >= 0.3 is 0 Å². The second-order valence-electron chi connectivity index (χ2n) is 5.12. The summed E-state index contributed by atoms with van der Waals surface area (Å²) in [4.78, 5) is 2.45. The maximum Gasteiger partial charge on any atom is -0.00191 e. The number of likely N-dealkylation sites (tertiary alicyclic amines) is 1. The van der Waals surface area contributed by atoms with E-state index in [1.165, 1.54) is 50.8 Å². The summed E-state index contributed by atoms with van der Waals surface area (Å²) < 4.78 is 0. The zero-order chi connectivity index (χ0) is 15.2. The maximum atomic E-state index is 2.45. The third-order valence-electron chi connectivity index (χ3n) is 3.76. The van der Waals surface area contributed by atoms with Crippen LogP contribution in [0.15, 0.2) is 30.3 Å². The van der Waals surface area contributed by atoms with Crippen molar-refractivity contribution in [3.05, 3.63) is 35.9 Å². The Morgan fingerprint density at radius 1 is 0.950 bits per heavy atom. The van der Waals surface area contributed by atoms with Crippen LogP contribution in [0.4, 0.5) is 0 Å². The fraction of sp³-hybridized carbons (Fsp3) is 0.684. The number of piperidine rings is 1. The Balaban J connectivity index is 0.000000829. The van der Waals surface area contributed by atoms with Crippen LogP contribution >= 0.6 is 0 Å². The van der Waals surface area contributed by atoms with E-state index in [2.05, 4.69) is 42.3 Å². The maximum absolute atomic E-state index is 2.45. The standard InChI is InChI=1S/C15H23N.2C2H6/c1-16-12-10-15(11-13-16)9-5-8-14-6-3-2-4-7-14;2*1-2/h2-4,6-7,15H,5,8-13H2,1H3;2*1-2H3. The molecule has 0 aliphatic carbocycles. The van der Waals surface area contributed by atoms with E-state index in [1.54, 1.807) is 0 Å². The van der Waals surface area contributed by atoms with Crippen LogP contribution in [0.5, 0.6) is 0 Å². The first kappa shape index (κ1) is 19.2. The summed E-state index contributed by atoms with van der Waals surface area (Å²) in [6.45, 7) is 10.6. The molecule has 20 heavy (non-hydrogen) atoms. The summed E-state index contributed by atoms with van der Waals surface area (Å²) in [6.07, 6.45) is 6.85. The third kappa shape index (κ3) is 8.37. The van der Waals surface area contributed by atoms with Gasteiger partial charge in [-0.05, 0) is 57.3 Å². The van der Waals surface area contributed by atoms with Crippen molar-refractivity contribution in [2.24, 2.45) is 5.92 Å². The van der Waals surface area contributed by atoms with E-state index in [4.69, 9.17) is 0 Å². The topological polar surface area (TPSA) is 3.24 Å². The van der Waals surface area contributed by atoms with Crippen LogP contribution in [0, 0.1) is 5.92 Å². The fourth-order valence-corrected chi connectivity index (χ4v) is 2.59. The molecule has 0 amide bonds. The first-order chi connectivity index (χ1) is 9.84. The van der Waals surface area contributed by atoms with Gasteiger partial charge in [0.1, 0.15) is 0 Å². The van der Waals surface area contributed by atoms with Gasteiger partial charge in [0.05, 0.1) is 0 Å². The van der Waals surface area contributed by atoms with E-state index in [0.717, 1.165) is 5.92 Å². The lowest BCUT2D eigenvalue weighted by Crippen LogP contribution is -2.30. The first-order valence-electron chi connectivity index (χ1n) is 8.57. The van der Waals surface area contributed by atoms with Gasteiger partial charge < -0.3 is 4.90 Å². The van der Waals surface area contributed by atoms with Crippen molar-refractivity contribution in [3.8, 4) is 0 Å². The molecule has 2 rings (SSSR count). The highest BCUT2D eigenvalue weighted by atomic mass is 15.1. The smallest absolute Gasteiger partial charge is 0.00191 e. The average Bonchev–Trinajstić information content (AvgIpc) is 2.54. The number of aryl methyl sites for hydroxylation is 1. The van der Waals surface area contributed by atoms with Crippen LogP contribution in [0.1, 0.15) is 58.9 Å². The predicted molar refractivity (Wildman–Crippen MR) is 92.3 cm³/mol. The Kier molecular flexibility index (Phi) is 12.6. The van der Waals surface area contributed by atoms with E-state index in [-0.39, 0.29) is 0 Å². The molecule has 0 saturated carbocycles. The zero-order valence-corrected chi connectivity index (χ0v) is 14.4. The molecule has 116 valence electrons. The van der Waals surface area contributed by atoms with Crippen LogP contribution in [-0.2, 0) is 6.42 Å². The summed E-state index contributed by atoms with van der Waals surface area (Å²) in [6, 6.07) is 10.9. The Morgan fingerprint density at radius 3 is 2.05 bits per heavy atom. The molecule has 1 aliphatic rings. The van der Waals surface area contributed by atoms with Crippen molar-refractivity contribution < 1.29 is 0 Å². The Morgan fingerprint density at radius 2 is 1.50 bits per heavy atom. The van der Waals surface area contributed by atoms with Gasteiger partial charge in [-0.3, -0.25) is 0 Å². The van der Waals surface area contributed by atoms with Crippen LogP contribution in [0.25, 0.3) is 0 Å². The summed E-state index contributed by atoms with van der Waals surface area (Å²) in [5.74, 6) is 0.986. The fourth-order valence-electron chi connectivity index (χ4n) is 2.59. The van der Waals surface area contributed by atoms with Gasteiger partial charge in [0.25, 0.3) is 0 Å². The molecule has 0 unspecified atom stereocenters. The summed E-state index contributed by atoms with van der Waals surface area (Å²) in [5.41, 5.74) is 1.50. The van der Waals surface area contributed by atoms with Crippen molar-refractivity contribution in [2.75, 3.05) is 20.1 Å². The second kappa shape index (κ2) is 13.2. The molecule has 0 bridgehead atoms. The van der Waals surface area contributed by atoms with Gasteiger partial charge in [0, 0.05) is 0 Å². The molecule has 0 aromatic heterocycles. The molecule has 0 radical (unpaired) electrons. The van der Waals surface area contributed by atoms with Gasteiger partial charge in [0.2, 0.25) is 0 Å². The van der Waals surface area contributed by atoms with E-state index < -0.39 is 0 Å². The zero-order valence-electron chi connectivity index (χ0n) is 14.4. The molecular formula is C19H35N. The molecular weight excluding hydrogens is 242 g/mol. The highest BCUT2D eigenvalue weighted by molar-refractivity contribution is 5.14. The van der Waals surface area contributed by atoms with Crippen molar-refractivity contribution in [1.82, 2.24) is 4.90 Å². The van der Waals surface area contributed by atoms with E-state index in [1.807, 2.05) is 27.7 Å². The van der Waals surface area contributed by atoms with Gasteiger partial charge in [-0.1, -0.05) is 64.4 Å². The summed E-state index contributed by atoms with van der Waals surface area (Å²) in [7, 11) is 2.24. The Labute approximate surface area is 127 Å². The van der Waals surface area contributed by atoms with E-state index in [0.29, 0.717) is 0 Å². The number of nitrogens with zero attached hydrogens (tertiary/aromatic N) is 1. The second-order valence-corrected chi connectivity index (χ2v) is 5.12. The molecule has 1 aromatic carbocycles. The summed E-state index contributed by atoms with van der Waals surface area (Å²) in [5, 5.41) is 0. The lowest BCUT2D eigenvalue weighted by Gasteiger charge is -2.28. The molecule has 1 heteroatoms. The van der Waals surface area contributed by atoms with Crippen molar-refractivity contribution in [2.45, 2.75) is 59.8 Å². The Hall–Kier alpha value is -0.820. The van der Waals surface area contributed by atoms with E-state index in [9.17, 15) is 0 Å². The monoisotopic (exact) mass is 277 g/mol. The van der Waals surface area contributed by atoms with Crippen LogP contribution < -0.4 is 0 Å². The molecule has 0 atom stereocenters. The number of hydrogen-bond acceptors (Lipinski definition) is 1. The SMILES string of the molecule is CC.CC.CN1CCC(CCCc2ccccc2)CC1. The minimum atomic E-state index is 0.986. The number of benzene rings is 1. The minimum absolute atomic E-state index is 0.986. The van der Waals surface area contributed by atoms with Gasteiger partial charge in [-0.15, -0.1) is 0 Å². The third-order valence-corrected chi connectivity index (χ3v) is 3.76. The van der Waals surface area contributed by atoms with E-state index >= 15 is 0 Å². The quantitative estimate of drug-likeness (QED) is 0.712. The first-order valence-corrected chi connectivity index (χ1v) is 8.57. The van der Waals surface area contributed by atoms with Gasteiger partial charge in [0.15, 0.2) is 0 Å². The van der Waals surface area contributed by atoms with Crippen molar-refractivity contribution in [1.29, 1.82) is 0 Å². The minimum Gasteiger partial charge on any atom is -0.306 e. The van der Waals surface area contributed by atoms with Crippen LogP contribution in [-0.4, -0.2) is 25.0 Å². The lowest BCUT2D eigenvalue weighted by atomic mass is 9.91. The summed E-state index contributed by atoms with van der Waals surface area (Å²) >= 11 is 0. The molecule has 1 nitrogen and oxygen atoms in total. The van der Waals surface area contributed by atoms with Crippen LogP contribution in [0.2, 0.25) is 0 Å². The highest BCUT2D eigenvalue weighted by Gasteiger charge is 2.15. The predicted octanol–water partition coefficient (Wildman–Crippen LogP) is 5.40. The van der Waals surface area contributed by atoms with Crippen molar-refractivity contribution in [3.63, 3.8) is 0 Å². The lowest BCUT2D eigenvalue weighted by molar-refractivity contribution is 0.210. The van der Waals surface area contributed by atoms with Gasteiger partial charge in [-0.2, -0.15) is 0 Å². The molecule has 0 spiro atoms. The van der Waals surface area contributed by atoms with Crippen molar-refractivity contribution >= 4 is 0 Å². The number of hydrogen-bond donors (Lipinski definition) is 0. The normalized spacial score (nSPS) is 15.7. The number of rotatable bonds is 4. The highest BCUT2D eigenvalue weighted by Crippen LogP contribution is 2.21. The van der Waals surface area contributed by atoms with Gasteiger partial charge in [-0.25, -0.2) is 0 Å².